The summed E-state index contributed by atoms with van der Waals surface area (Å²) < 4.78 is 0. The van der Waals surface area contributed by atoms with Crippen molar-refractivity contribution in [1.82, 2.24) is 9.80 Å². The van der Waals surface area contributed by atoms with Crippen molar-refractivity contribution in [3.8, 4) is 0 Å². The molecular weight excluding hydrogens is 390 g/mol. The van der Waals surface area contributed by atoms with E-state index in [0.29, 0.717) is 13.1 Å². The predicted octanol–water partition coefficient (Wildman–Crippen LogP) is 2.62. The first kappa shape index (κ1) is 20.3. The molecule has 2 aliphatic heterocycles. The van der Waals surface area contributed by atoms with Crippen LogP contribution in [0, 0.1) is 30.6 Å². The van der Waals surface area contributed by atoms with Crippen molar-refractivity contribution in [1.29, 1.82) is 0 Å². The smallest absolute Gasteiger partial charge is 0.233 e. The summed E-state index contributed by atoms with van der Waals surface area (Å²) in [6.07, 6.45) is 6.47. The summed E-state index contributed by atoms with van der Waals surface area (Å²) in [5, 5.41) is 0. The lowest BCUT2D eigenvalue weighted by Gasteiger charge is -2.41. The molecule has 164 valence electrons. The van der Waals surface area contributed by atoms with Crippen LogP contribution in [0.1, 0.15) is 31.7 Å². The molecule has 6 nitrogen and oxygen atoms in total. The maximum absolute atomic E-state index is 12.9. The quantitative estimate of drug-likeness (QED) is 0.554. The number of anilines is 1. The molecule has 0 unspecified atom stereocenters. The molecule has 2 bridgehead atoms. The standard InChI is InChI=1S/C25H31N3O3/c1-16-4-3-5-20(14-16)27-13-12-26(15-17(27)2)21(29)10-11-28-24(30)22-18-6-7-19(9-8-18)23(22)25(28)31/h3-7,14,17-19,22-23H,8-13,15H2,1-2H3/t17-,18+,19+,22-,23-/m1/s1. The Hall–Kier alpha value is -2.63. The van der Waals surface area contributed by atoms with Crippen molar-refractivity contribution in [2.24, 2.45) is 23.7 Å². The maximum atomic E-state index is 12.9. The lowest BCUT2D eigenvalue weighted by Crippen LogP contribution is -2.54. The highest BCUT2D eigenvalue weighted by Crippen LogP contribution is 2.49. The van der Waals surface area contributed by atoms with Crippen LogP contribution < -0.4 is 4.90 Å². The number of aryl methyl sites for hydroxylation is 1. The van der Waals surface area contributed by atoms with Crippen molar-refractivity contribution >= 4 is 23.4 Å². The number of hydrogen-bond acceptors (Lipinski definition) is 4. The molecule has 6 rings (SSSR count). The van der Waals surface area contributed by atoms with Gasteiger partial charge in [0.1, 0.15) is 0 Å². The van der Waals surface area contributed by atoms with Crippen molar-refractivity contribution in [2.75, 3.05) is 31.1 Å². The summed E-state index contributed by atoms with van der Waals surface area (Å²) in [7, 11) is 0. The molecule has 3 aliphatic carbocycles. The first-order valence-electron chi connectivity index (χ1n) is 11.6. The highest BCUT2D eigenvalue weighted by Gasteiger charge is 2.56. The first-order chi connectivity index (χ1) is 14.9. The third-order valence-corrected chi connectivity index (χ3v) is 7.71. The normalized spacial score (nSPS) is 32.1. The molecule has 3 fully saturated rings. The number of nitrogens with zero attached hydrogens (tertiary/aromatic N) is 3. The molecule has 1 saturated carbocycles. The summed E-state index contributed by atoms with van der Waals surface area (Å²) >= 11 is 0. The zero-order chi connectivity index (χ0) is 21.7. The van der Waals surface area contributed by atoms with E-state index in [-0.39, 0.29) is 60.4 Å². The molecule has 1 aromatic rings. The van der Waals surface area contributed by atoms with Crippen LogP contribution >= 0.6 is 0 Å². The van der Waals surface area contributed by atoms with E-state index in [2.05, 4.69) is 55.2 Å². The van der Waals surface area contributed by atoms with E-state index in [0.717, 1.165) is 19.4 Å². The number of rotatable bonds is 4. The summed E-state index contributed by atoms with van der Waals surface area (Å²) in [6.45, 7) is 6.56. The summed E-state index contributed by atoms with van der Waals surface area (Å²) in [6, 6.07) is 8.68. The van der Waals surface area contributed by atoms with Gasteiger partial charge in [-0.15, -0.1) is 0 Å². The van der Waals surface area contributed by atoms with E-state index in [1.807, 2.05) is 4.90 Å². The molecule has 2 heterocycles. The van der Waals surface area contributed by atoms with Gasteiger partial charge in [0, 0.05) is 44.3 Å². The number of amides is 3. The van der Waals surface area contributed by atoms with Gasteiger partial charge in [-0.2, -0.15) is 0 Å². The van der Waals surface area contributed by atoms with E-state index in [1.165, 1.54) is 16.2 Å². The number of carbonyl (C=O) groups is 3. The highest BCUT2D eigenvalue weighted by molar-refractivity contribution is 6.06. The van der Waals surface area contributed by atoms with Gasteiger partial charge in [0.05, 0.1) is 11.8 Å². The van der Waals surface area contributed by atoms with Crippen molar-refractivity contribution in [3.05, 3.63) is 42.0 Å². The number of imide groups is 1. The second-order valence-corrected chi connectivity index (χ2v) is 9.64. The van der Waals surface area contributed by atoms with Gasteiger partial charge in [-0.05, 0) is 56.2 Å². The highest BCUT2D eigenvalue weighted by atomic mass is 16.2. The van der Waals surface area contributed by atoms with E-state index in [9.17, 15) is 14.4 Å². The van der Waals surface area contributed by atoms with Gasteiger partial charge in [-0.25, -0.2) is 0 Å². The number of allylic oxidation sites excluding steroid dienone is 2. The third-order valence-electron chi connectivity index (χ3n) is 7.71. The maximum Gasteiger partial charge on any atom is 0.233 e. The van der Waals surface area contributed by atoms with Crippen LogP contribution in [-0.2, 0) is 14.4 Å². The van der Waals surface area contributed by atoms with Crippen molar-refractivity contribution < 1.29 is 14.4 Å². The van der Waals surface area contributed by atoms with Crippen LogP contribution in [0.25, 0.3) is 0 Å². The molecule has 2 saturated heterocycles. The average Bonchev–Trinajstić information content (AvgIpc) is 3.05. The fourth-order valence-electron chi connectivity index (χ4n) is 6.10. The third kappa shape index (κ3) is 3.46. The Kier molecular flexibility index (Phi) is 5.11. The molecule has 3 amide bonds. The molecule has 5 atom stereocenters. The molecule has 5 aliphatic rings. The van der Waals surface area contributed by atoms with Crippen LogP contribution in [0.3, 0.4) is 0 Å². The van der Waals surface area contributed by atoms with Crippen LogP contribution in [0.4, 0.5) is 5.69 Å². The molecule has 6 heteroatoms. The number of carbonyl (C=O) groups excluding carboxylic acids is 3. The summed E-state index contributed by atoms with van der Waals surface area (Å²) in [5.74, 6) is -0.0646. The number of likely N-dealkylation sites (tertiary alicyclic amines) is 1. The lowest BCUT2D eigenvalue weighted by atomic mass is 9.63. The van der Waals surface area contributed by atoms with Crippen LogP contribution in [0.2, 0.25) is 0 Å². The SMILES string of the molecule is Cc1cccc(N2CCN(C(=O)CCN3C(=O)[C@H]4[C@H](C3=O)[C@H]3C=C[C@H]4CC3)C[C@H]2C)c1. The number of piperazine rings is 1. The Morgan fingerprint density at radius 2 is 1.71 bits per heavy atom. The number of fused-ring (bicyclic) bond motifs is 1. The van der Waals surface area contributed by atoms with E-state index in [4.69, 9.17) is 0 Å². The van der Waals surface area contributed by atoms with Gasteiger partial charge in [0.15, 0.2) is 0 Å². The van der Waals surface area contributed by atoms with Gasteiger partial charge < -0.3 is 9.80 Å². The number of hydrogen-bond donors (Lipinski definition) is 0. The van der Waals surface area contributed by atoms with Gasteiger partial charge in [0.2, 0.25) is 17.7 Å². The van der Waals surface area contributed by atoms with Crippen molar-refractivity contribution in [3.63, 3.8) is 0 Å². The minimum Gasteiger partial charge on any atom is -0.365 e. The Balaban J connectivity index is 1.18. The zero-order valence-corrected chi connectivity index (χ0v) is 18.4. The van der Waals surface area contributed by atoms with Gasteiger partial charge >= 0.3 is 0 Å². The molecule has 0 aromatic heterocycles. The molecule has 0 spiro atoms. The lowest BCUT2D eigenvalue weighted by molar-refractivity contribution is -0.141. The van der Waals surface area contributed by atoms with Crippen LogP contribution in [0.5, 0.6) is 0 Å². The second kappa shape index (κ2) is 7.81. The fourth-order valence-corrected chi connectivity index (χ4v) is 6.10. The topological polar surface area (TPSA) is 60.9 Å². The van der Waals surface area contributed by atoms with E-state index >= 15 is 0 Å². The minimum absolute atomic E-state index is 0.0345. The van der Waals surface area contributed by atoms with Gasteiger partial charge in [-0.3, -0.25) is 19.3 Å². The van der Waals surface area contributed by atoms with Crippen molar-refractivity contribution in [2.45, 2.75) is 39.2 Å². The fraction of sp³-hybridized carbons (Fsp3) is 0.560. The Labute approximate surface area is 183 Å². The monoisotopic (exact) mass is 421 g/mol. The Morgan fingerprint density at radius 1 is 1.03 bits per heavy atom. The summed E-state index contributed by atoms with van der Waals surface area (Å²) in [5.41, 5.74) is 2.42. The van der Waals surface area contributed by atoms with Gasteiger partial charge in [0.25, 0.3) is 0 Å². The molecule has 1 aromatic carbocycles. The summed E-state index contributed by atoms with van der Waals surface area (Å²) in [4.78, 5) is 44.4. The molecule has 0 N–H and O–H groups in total. The number of benzene rings is 1. The van der Waals surface area contributed by atoms with E-state index in [1.54, 1.807) is 0 Å². The average molecular weight is 422 g/mol. The minimum atomic E-state index is -0.191. The van der Waals surface area contributed by atoms with Crippen LogP contribution in [0.15, 0.2) is 36.4 Å². The Morgan fingerprint density at radius 3 is 2.29 bits per heavy atom. The second-order valence-electron chi connectivity index (χ2n) is 9.64. The van der Waals surface area contributed by atoms with Crippen LogP contribution in [-0.4, -0.2) is 59.7 Å². The van der Waals surface area contributed by atoms with Gasteiger partial charge in [-0.1, -0.05) is 24.3 Å². The predicted molar refractivity (Wildman–Crippen MR) is 118 cm³/mol. The molecule has 0 radical (unpaired) electrons. The largest absolute Gasteiger partial charge is 0.365 e. The molecular formula is C25H31N3O3. The first-order valence-corrected chi connectivity index (χ1v) is 11.6. The van der Waals surface area contributed by atoms with E-state index < -0.39 is 0 Å². The Bertz CT molecular complexity index is 910. The molecule has 31 heavy (non-hydrogen) atoms. The zero-order valence-electron chi connectivity index (χ0n) is 18.4.